The van der Waals surface area contributed by atoms with Gasteiger partial charge in [-0.1, -0.05) is 0 Å². The normalized spacial score (nSPS) is 14.5. The number of amides is 2. The monoisotopic (exact) mass is 315 g/mol. The first kappa shape index (κ1) is 15.6. The fourth-order valence-electron chi connectivity index (χ4n) is 3.01. The average molecular weight is 315 g/mol. The molecule has 6 nitrogen and oxygen atoms in total. The first-order valence-electron chi connectivity index (χ1n) is 7.67. The molecule has 0 saturated carbocycles. The molecule has 1 aromatic heterocycles. The van der Waals surface area contributed by atoms with Crippen molar-refractivity contribution < 1.29 is 14.7 Å². The third-order valence-electron chi connectivity index (χ3n) is 4.29. The lowest BCUT2D eigenvalue weighted by molar-refractivity contribution is 0.0868. The van der Waals surface area contributed by atoms with Crippen molar-refractivity contribution in [3.05, 3.63) is 35.0 Å². The van der Waals surface area contributed by atoms with Gasteiger partial charge in [0.2, 0.25) is 0 Å². The van der Waals surface area contributed by atoms with E-state index in [0.717, 1.165) is 22.9 Å². The quantitative estimate of drug-likeness (QED) is 0.789. The summed E-state index contributed by atoms with van der Waals surface area (Å²) in [5.74, 6) is -0.304. The van der Waals surface area contributed by atoms with Gasteiger partial charge in [-0.05, 0) is 44.0 Å². The molecule has 6 heteroatoms. The van der Waals surface area contributed by atoms with E-state index in [4.69, 9.17) is 0 Å². The van der Waals surface area contributed by atoms with Crippen LogP contribution in [0, 0.1) is 0 Å². The summed E-state index contributed by atoms with van der Waals surface area (Å²) < 4.78 is 1.87. The maximum atomic E-state index is 12.4. The van der Waals surface area contributed by atoms with E-state index >= 15 is 0 Å². The molecule has 0 aliphatic carbocycles. The molecule has 0 saturated heterocycles. The number of hydrogen-bond acceptors (Lipinski definition) is 3. The molecule has 0 atom stereocenters. The lowest BCUT2D eigenvalue weighted by Gasteiger charge is -2.23. The van der Waals surface area contributed by atoms with Crippen LogP contribution in [-0.4, -0.2) is 40.2 Å². The molecule has 0 spiro atoms. The number of carbonyl (C=O) groups is 2. The van der Waals surface area contributed by atoms with Gasteiger partial charge in [0.05, 0.1) is 12.1 Å². The maximum Gasteiger partial charge on any atom is 0.268 e. The van der Waals surface area contributed by atoms with E-state index in [0.29, 0.717) is 17.8 Å². The maximum absolute atomic E-state index is 12.4. The van der Waals surface area contributed by atoms with E-state index < -0.39 is 5.54 Å². The van der Waals surface area contributed by atoms with Crippen molar-refractivity contribution in [1.29, 1.82) is 0 Å². The number of aliphatic hydroxyl groups excluding tert-OH is 1. The van der Waals surface area contributed by atoms with Gasteiger partial charge in [-0.3, -0.25) is 9.59 Å². The fourth-order valence-corrected chi connectivity index (χ4v) is 3.01. The zero-order valence-corrected chi connectivity index (χ0v) is 13.6. The third-order valence-corrected chi connectivity index (χ3v) is 4.29. The Morgan fingerprint density at radius 1 is 1.43 bits per heavy atom. The summed E-state index contributed by atoms with van der Waals surface area (Å²) >= 11 is 0. The molecule has 2 heterocycles. The van der Waals surface area contributed by atoms with Crippen LogP contribution in [-0.2, 0) is 13.5 Å². The van der Waals surface area contributed by atoms with Crippen molar-refractivity contribution in [1.82, 2.24) is 15.2 Å². The number of aliphatic hydroxyl groups is 1. The van der Waals surface area contributed by atoms with E-state index in [9.17, 15) is 14.7 Å². The minimum atomic E-state index is -0.679. The molecule has 0 unspecified atom stereocenters. The number of hydrogen-bond donors (Lipinski definition) is 3. The Hall–Kier alpha value is -2.34. The molecule has 1 aliphatic rings. The van der Waals surface area contributed by atoms with Crippen molar-refractivity contribution in [3.63, 3.8) is 0 Å². The standard InChI is InChI=1S/C17H21N3O3/c1-17(2,9-21)19-15(22)10-4-5-13-12(8-10)11-6-7-18-16(23)14(11)20(13)3/h4-5,8,21H,6-7,9H2,1-3H3,(H,18,23)(H,19,22). The third kappa shape index (κ3) is 2.59. The van der Waals surface area contributed by atoms with Crippen LogP contribution in [0.15, 0.2) is 18.2 Å². The summed E-state index contributed by atoms with van der Waals surface area (Å²) in [4.78, 5) is 24.5. The highest BCUT2D eigenvalue weighted by atomic mass is 16.3. The van der Waals surface area contributed by atoms with Gasteiger partial charge in [-0.25, -0.2) is 0 Å². The number of carbonyl (C=O) groups excluding carboxylic acids is 2. The number of rotatable bonds is 3. The molecule has 2 amide bonds. The van der Waals surface area contributed by atoms with E-state index in [1.165, 1.54) is 0 Å². The Balaban J connectivity index is 2.06. The van der Waals surface area contributed by atoms with Gasteiger partial charge in [0.25, 0.3) is 11.8 Å². The molecule has 23 heavy (non-hydrogen) atoms. The van der Waals surface area contributed by atoms with Crippen molar-refractivity contribution in [2.45, 2.75) is 25.8 Å². The second-order valence-electron chi connectivity index (χ2n) is 6.62. The minimum Gasteiger partial charge on any atom is -0.394 e. The second kappa shape index (κ2) is 5.38. The highest BCUT2D eigenvalue weighted by molar-refractivity contribution is 6.05. The highest BCUT2D eigenvalue weighted by Crippen LogP contribution is 2.28. The van der Waals surface area contributed by atoms with Crippen LogP contribution in [0.1, 0.15) is 40.3 Å². The largest absolute Gasteiger partial charge is 0.394 e. The van der Waals surface area contributed by atoms with Gasteiger partial charge in [0.1, 0.15) is 5.69 Å². The van der Waals surface area contributed by atoms with E-state index in [-0.39, 0.29) is 18.4 Å². The molecule has 3 rings (SSSR count). The second-order valence-corrected chi connectivity index (χ2v) is 6.62. The molecular weight excluding hydrogens is 294 g/mol. The number of aromatic nitrogens is 1. The van der Waals surface area contributed by atoms with Crippen LogP contribution in [0.4, 0.5) is 0 Å². The number of aryl methyl sites for hydroxylation is 1. The summed E-state index contributed by atoms with van der Waals surface area (Å²) in [6.07, 6.45) is 0.756. The lowest BCUT2D eigenvalue weighted by Crippen LogP contribution is -2.46. The van der Waals surface area contributed by atoms with E-state index in [1.54, 1.807) is 19.9 Å². The number of nitrogens with one attached hydrogen (secondary N) is 2. The Bertz CT molecular complexity index is 805. The Morgan fingerprint density at radius 2 is 2.17 bits per heavy atom. The lowest BCUT2D eigenvalue weighted by atomic mass is 10.0. The Labute approximate surface area is 134 Å². The number of fused-ring (bicyclic) bond motifs is 3. The first-order chi connectivity index (χ1) is 10.8. The summed E-state index contributed by atoms with van der Waals surface area (Å²) in [5.41, 5.74) is 2.44. The van der Waals surface area contributed by atoms with E-state index in [2.05, 4.69) is 10.6 Å². The summed E-state index contributed by atoms with van der Waals surface area (Å²) in [6.45, 7) is 4.00. The van der Waals surface area contributed by atoms with Gasteiger partial charge in [-0.2, -0.15) is 0 Å². The van der Waals surface area contributed by atoms with Gasteiger partial charge in [0.15, 0.2) is 0 Å². The van der Waals surface area contributed by atoms with Crippen LogP contribution >= 0.6 is 0 Å². The van der Waals surface area contributed by atoms with Crippen molar-refractivity contribution >= 4 is 22.7 Å². The van der Waals surface area contributed by atoms with Gasteiger partial charge in [-0.15, -0.1) is 0 Å². The summed E-state index contributed by atoms with van der Waals surface area (Å²) in [6, 6.07) is 5.44. The van der Waals surface area contributed by atoms with Crippen LogP contribution in [0.2, 0.25) is 0 Å². The predicted octanol–water partition coefficient (Wildman–Crippen LogP) is 0.965. The molecule has 0 bridgehead atoms. The molecule has 122 valence electrons. The number of nitrogens with zero attached hydrogens (tertiary/aromatic N) is 1. The average Bonchev–Trinajstić information content (AvgIpc) is 2.81. The molecular formula is C17H21N3O3. The molecule has 1 aliphatic heterocycles. The van der Waals surface area contributed by atoms with Crippen LogP contribution in [0.3, 0.4) is 0 Å². The van der Waals surface area contributed by atoms with Crippen molar-refractivity contribution in [2.24, 2.45) is 7.05 Å². The molecule has 0 radical (unpaired) electrons. The van der Waals surface area contributed by atoms with Crippen LogP contribution in [0.5, 0.6) is 0 Å². The van der Waals surface area contributed by atoms with Gasteiger partial charge >= 0.3 is 0 Å². The first-order valence-corrected chi connectivity index (χ1v) is 7.67. The van der Waals surface area contributed by atoms with Crippen LogP contribution in [0.25, 0.3) is 10.9 Å². The minimum absolute atomic E-state index is 0.0719. The topological polar surface area (TPSA) is 83.4 Å². The Morgan fingerprint density at radius 3 is 2.87 bits per heavy atom. The molecule has 0 fully saturated rings. The van der Waals surface area contributed by atoms with Crippen molar-refractivity contribution in [3.8, 4) is 0 Å². The van der Waals surface area contributed by atoms with Crippen molar-refractivity contribution in [2.75, 3.05) is 13.2 Å². The Kier molecular flexibility index (Phi) is 3.64. The number of benzene rings is 1. The molecule has 1 aromatic carbocycles. The predicted molar refractivity (Wildman–Crippen MR) is 87.6 cm³/mol. The zero-order valence-electron chi connectivity index (χ0n) is 13.6. The highest BCUT2D eigenvalue weighted by Gasteiger charge is 2.25. The van der Waals surface area contributed by atoms with Crippen LogP contribution < -0.4 is 10.6 Å². The smallest absolute Gasteiger partial charge is 0.268 e. The molecule has 2 aromatic rings. The van der Waals surface area contributed by atoms with Gasteiger partial charge < -0.3 is 20.3 Å². The SMILES string of the molecule is Cn1c2c(c3cc(C(=O)NC(C)(C)CO)ccc31)CCNC2=O. The summed E-state index contributed by atoms with van der Waals surface area (Å²) in [5, 5.41) is 15.9. The summed E-state index contributed by atoms with van der Waals surface area (Å²) in [7, 11) is 1.86. The zero-order chi connectivity index (χ0) is 16.8. The fraction of sp³-hybridized carbons (Fsp3) is 0.412. The van der Waals surface area contributed by atoms with E-state index in [1.807, 2.05) is 23.7 Å². The van der Waals surface area contributed by atoms with Gasteiger partial charge in [0, 0.05) is 30.1 Å². The molecule has 3 N–H and O–H groups in total.